The zero-order valence-corrected chi connectivity index (χ0v) is 28.3. The van der Waals surface area contributed by atoms with Gasteiger partial charge < -0.3 is 9.32 Å². The fourth-order valence-corrected chi connectivity index (χ4v) is 7.52. The molecule has 0 aliphatic rings. The van der Waals surface area contributed by atoms with Crippen molar-refractivity contribution in [2.75, 3.05) is 4.90 Å². The van der Waals surface area contributed by atoms with E-state index in [4.69, 9.17) is 9.40 Å². The van der Waals surface area contributed by atoms with Crippen LogP contribution in [0.2, 0.25) is 0 Å². The number of pyridine rings is 1. The fraction of sp³-hybridized carbons (Fsp3) is 0. The van der Waals surface area contributed by atoms with Gasteiger partial charge in [-0.15, -0.1) is 0 Å². The molecule has 0 saturated heterocycles. The van der Waals surface area contributed by atoms with Crippen molar-refractivity contribution in [3.8, 4) is 33.4 Å². The van der Waals surface area contributed by atoms with Gasteiger partial charge in [-0.25, -0.2) is 0 Å². The standard InChI is InChI=1S/C49H32N2O/c1-2-11-33(12-3-1)34-23-25-35(26-24-34)37-15-8-17-40(29-37)51(41-18-9-16-38(30-41)44-21-10-14-36-13-4-5-19-43(36)44)42-28-27-39-32-50-48-45-20-6-7-22-47(45)52-49(48)46(39)31-42/h1-32H. The third-order valence-electron chi connectivity index (χ3n) is 10.1. The maximum absolute atomic E-state index is 6.47. The summed E-state index contributed by atoms with van der Waals surface area (Å²) >= 11 is 0. The first-order valence-corrected chi connectivity index (χ1v) is 17.6. The number of anilines is 3. The Hall–Kier alpha value is -6.97. The van der Waals surface area contributed by atoms with E-state index in [0.29, 0.717) is 0 Å². The van der Waals surface area contributed by atoms with Crippen molar-refractivity contribution in [1.82, 2.24) is 4.98 Å². The molecule has 0 radical (unpaired) electrons. The van der Waals surface area contributed by atoms with E-state index in [9.17, 15) is 0 Å². The third kappa shape index (κ3) is 5.19. The molecule has 2 heterocycles. The smallest absolute Gasteiger partial charge is 0.161 e. The number of hydrogen-bond acceptors (Lipinski definition) is 3. The van der Waals surface area contributed by atoms with Crippen molar-refractivity contribution in [3.05, 3.63) is 194 Å². The van der Waals surface area contributed by atoms with Crippen molar-refractivity contribution in [1.29, 1.82) is 0 Å². The minimum absolute atomic E-state index is 0.803. The van der Waals surface area contributed by atoms with Crippen LogP contribution in [0.15, 0.2) is 199 Å². The van der Waals surface area contributed by atoms with Crippen molar-refractivity contribution >= 4 is 60.7 Å². The summed E-state index contributed by atoms with van der Waals surface area (Å²) in [6.45, 7) is 0. The molecule has 0 aliphatic carbocycles. The van der Waals surface area contributed by atoms with Crippen molar-refractivity contribution in [3.63, 3.8) is 0 Å². The van der Waals surface area contributed by atoms with Gasteiger partial charge in [0.2, 0.25) is 0 Å². The van der Waals surface area contributed by atoms with Crippen LogP contribution in [0.3, 0.4) is 0 Å². The molecule has 0 bridgehead atoms. The summed E-state index contributed by atoms with van der Waals surface area (Å²) in [5.74, 6) is 0. The largest absolute Gasteiger partial charge is 0.454 e. The van der Waals surface area contributed by atoms with Crippen molar-refractivity contribution in [2.45, 2.75) is 0 Å². The molecular formula is C49H32N2O. The zero-order chi connectivity index (χ0) is 34.4. The Labute approximate surface area is 301 Å². The van der Waals surface area contributed by atoms with Crippen LogP contribution in [0.5, 0.6) is 0 Å². The van der Waals surface area contributed by atoms with Crippen LogP contribution < -0.4 is 4.90 Å². The normalized spacial score (nSPS) is 11.5. The average Bonchev–Trinajstić information content (AvgIpc) is 3.61. The van der Waals surface area contributed by atoms with E-state index in [1.165, 1.54) is 33.0 Å². The lowest BCUT2D eigenvalue weighted by Gasteiger charge is -2.27. The second-order valence-corrected chi connectivity index (χ2v) is 13.2. The lowest BCUT2D eigenvalue weighted by atomic mass is 9.97. The van der Waals surface area contributed by atoms with Gasteiger partial charge in [-0.05, 0) is 92.7 Å². The Balaban J connectivity index is 1.14. The van der Waals surface area contributed by atoms with Gasteiger partial charge in [-0.1, -0.05) is 140 Å². The number of benzene rings is 8. The molecule has 0 saturated carbocycles. The lowest BCUT2D eigenvalue weighted by molar-refractivity contribution is 0.672. The molecule has 0 unspecified atom stereocenters. The van der Waals surface area contributed by atoms with E-state index in [0.717, 1.165) is 61.0 Å². The maximum atomic E-state index is 6.47. The van der Waals surface area contributed by atoms with Gasteiger partial charge in [0.15, 0.2) is 5.58 Å². The predicted octanol–water partition coefficient (Wildman–Crippen LogP) is 13.8. The number of furan rings is 1. The Kier molecular flexibility index (Phi) is 7.14. The molecular weight excluding hydrogens is 633 g/mol. The molecule has 244 valence electrons. The molecule has 2 aromatic heterocycles. The summed E-state index contributed by atoms with van der Waals surface area (Å²) in [5.41, 5.74) is 12.8. The van der Waals surface area contributed by atoms with Gasteiger partial charge in [-0.2, -0.15) is 0 Å². The number of aromatic nitrogens is 1. The number of rotatable bonds is 6. The highest BCUT2D eigenvalue weighted by molar-refractivity contribution is 6.13. The van der Waals surface area contributed by atoms with E-state index >= 15 is 0 Å². The molecule has 0 spiro atoms. The van der Waals surface area contributed by atoms with E-state index in [1.807, 2.05) is 24.4 Å². The summed E-state index contributed by atoms with van der Waals surface area (Å²) in [6, 6.07) is 66.9. The first-order chi connectivity index (χ1) is 25.8. The molecule has 0 amide bonds. The molecule has 0 fully saturated rings. The highest BCUT2D eigenvalue weighted by Gasteiger charge is 2.18. The average molecular weight is 665 g/mol. The summed E-state index contributed by atoms with van der Waals surface area (Å²) in [7, 11) is 0. The van der Waals surface area contributed by atoms with E-state index in [-0.39, 0.29) is 0 Å². The first kappa shape index (κ1) is 29.9. The van der Waals surface area contributed by atoms with Gasteiger partial charge >= 0.3 is 0 Å². The minimum Gasteiger partial charge on any atom is -0.454 e. The molecule has 3 nitrogen and oxygen atoms in total. The molecule has 0 N–H and O–H groups in total. The number of hydrogen-bond donors (Lipinski definition) is 0. The Morgan fingerprint density at radius 2 is 0.981 bits per heavy atom. The predicted molar refractivity (Wildman–Crippen MR) is 218 cm³/mol. The fourth-order valence-electron chi connectivity index (χ4n) is 7.52. The van der Waals surface area contributed by atoms with Crippen LogP contribution in [-0.2, 0) is 0 Å². The highest BCUT2D eigenvalue weighted by Crippen LogP contribution is 2.42. The first-order valence-electron chi connectivity index (χ1n) is 17.6. The topological polar surface area (TPSA) is 29.3 Å². The molecule has 0 atom stereocenters. The van der Waals surface area contributed by atoms with Crippen LogP contribution in [-0.4, -0.2) is 4.98 Å². The van der Waals surface area contributed by atoms with E-state index < -0.39 is 0 Å². The van der Waals surface area contributed by atoms with E-state index in [1.54, 1.807) is 0 Å². The number of para-hydroxylation sites is 1. The maximum Gasteiger partial charge on any atom is 0.161 e. The molecule has 10 aromatic rings. The van der Waals surface area contributed by atoms with E-state index in [2.05, 4.69) is 175 Å². The summed E-state index contributed by atoms with van der Waals surface area (Å²) in [4.78, 5) is 7.17. The Morgan fingerprint density at radius 1 is 0.385 bits per heavy atom. The highest BCUT2D eigenvalue weighted by atomic mass is 16.3. The molecule has 52 heavy (non-hydrogen) atoms. The third-order valence-corrected chi connectivity index (χ3v) is 10.1. The van der Waals surface area contributed by atoms with Gasteiger partial charge in [0.25, 0.3) is 0 Å². The summed E-state index contributed by atoms with van der Waals surface area (Å²) in [5, 5.41) is 5.55. The molecule has 3 heteroatoms. The minimum atomic E-state index is 0.803. The summed E-state index contributed by atoms with van der Waals surface area (Å²) in [6.07, 6.45) is 1.95. The van der Waals surface area contributed by atoms with Crippen molar-refractivity contribution in [2.24, 2.45) is 0 Å². The van der Waals surface area contributed by atoms with Gasteiger partial charge in [-0.3, -0.25) is 4.98 Å². The van der Waals surface area contributed by atoms with Crippen molar-refractivity contribution < 1.29 is 4.42 Å². The number of nitrogens with zero attached hydrogens (tertiary/aromatic N) is 2. The quantitative estimate of drug-likeness (QED) is 0.177. The van der Waals surface area contributed by atoms with Crippen LogP contribution >= 0.6 is 0 Å². The Morgan fingerprint density at radius 3 is 1.81 bits per heavy atom. The molecule has 10 rings (SSSR count). The monoisotopic (exact) mass is 664 g/mol. The van der Waals surface area contributed by atoms with Crippen LogP contribution in [0.4, 0.5) is 17.1 Å². The van der Waals surface area contributed by atoms with Gasteiger partial charge in [0, 0.05) is 39.4 Å². The molecule has 8 aromatic carbocycles. The van der Waals surface area contributed by atoms with Gasteiger partial charge in [0.05, 0.1) is 0 Å². The van der Waals surface area contributed by atoms with Crippen LogP contribution in [0.25, 0.3) is 77.0 Å². The zero-order valence-electron chi connectivity index (χ0n) is 28.3. The summed E-state index contributed by atoms with van der Waals surface area (Å²) < 4.78 is 6.47. The Bertz CT molecular complexity index is 2900. The van der Waals surface area contributed by atoms with Crippen LogP contribution in [0, 0.1) is 0 Å². The van der Waals surface area contributed by atoms with Gasteiger partial charge in [0.1, 0.15) is 11.1 Å². The second kappa shape index (κ2) is 12.4. The SMILES string of the molecule is c1ccc(-c2ccc(-c3cccc(N(c4cccc(-c5cccc6ccccc56)c4)c4ccc5cnc6c7ccccc7oc6c5c4)c3)cc2)cc1. The molecule has 0 aliphatic heterocycles. The van der Waals surface area contributed by atoms with Crippen LogP contribution in [0.1, 0.15) is 0 Å². The number of fused-ring (bicyclic) bond motifs is 6. The second-order valence-electron chi connectivity index (χ2n) is 13.2. The lowest BCUT2D eigenvalue weighted by Crippen LogP contribution is -2.10.